The van der Waals surface area contributed by atoms with Crippen molar-refractivity contribution in [3.8, 4) is 0 Å². The molecule has 2 aliphatic heterocycles. The predicted octanol–water partition coefficient (Wildman–Crippen LogP) is 0.0287. The Labute approximate surface area is 67.2 Å². The summed E-state index contributed by atoms with van der Waals surface area (Å²) in [7, 11) is 0.0895. The van der Waals surface area contributed by atoms with E-state index in [2.05, 4.69) is 0 Å². The Morgan fingerprint density at radius 1 is 1.70 bits per heavy atom. The third-order valence-corrected chi connectivity index (χ3v) is 4.95. The summed E-state index contributed by atoms with van der Waals surface area (Å²) in [6, 6.07) is 0. The van der Waals surface area contributed by atoms with E-state index in [4.69, 9.17) is 11.2 Å². The number of carbonyl (C=O) groups is 1. The lowest BCUT2D eigenvalue weighted by Gasteiger charge is -2.44. The summed E-state index contributed by atoms with van der Waals surface area (Å²) in [5, 5.41) is 0.455. The van der Waals surface area contributed by atoms with Gasteiger partial charge in [-0.1, -0.05) is 9.45 Å². The topological polar surface area (TPSA) is 20.3 Å². The molecule has 0 bridgehead atoms. The predicted molar refractivity (Wildman–Crippen MR) is 44.3 cm³/mol. The van der Waals surface area contributed by atoms with Crippen LogP contribution < -0.4 is 0 Å². The van der Waals surface area contributed by atoms with Crippen LogP contribution >= 0.6 is 0 Å². The Morgan fingerprint density at radius 2 is 2.50 bits per heavy atom. The molecule has 0 radical (unpaired) electrons. The van der Waals surface area contributed by atoms with Crippen LogP contribution in [-0.2, 0) is 25.4 Å². The zero-order valence-corrected chi connectivity index (χ0v) is 7.21. The van der Waals surface area contributed by atoms with Crippen molar-refractivity contribution in [1.29, 1.82) is 0 Å². The number of hydrogen-bond donors (Lipinski definition) is 0. The monoisotopic (exact) mass is 175 g/mol. The Balaban J connectivity index is 2.12. The van der Waals surface area contributed by atoms with Crippen LogP contribution in [0.25, 0.3) is 0 Å². The SMILES string of the molecule is O=C1C[C@H]2N1CCCS2=S. The lowest BCUT2D eigenvalue weighted by molar-refractivity contribution is -0.141. The highest BCUT2D eigenvalue weighted by Crippen LogP contribution is 2.26. The fourth-order valence-electron chi connectivity index (χ4n) is 1.44. The summed E-state index contributed by atoms with van der Waals surface area (Å²) >= 11 is 5.23. The molecule has 2 heterocycles. The maximum absolute atomic E-state index is 10.9. The summed E-state index contributed by atoms with van der Waals surface area (Å²) in [5.74, 6) is 1.47. The number of amides is 1. The van der Waals surface area contributed by atoms with Gasteiger partial charge in [0.2, 0.25) is 5.91 Å². The van der Waals surface area contributed by atoms with Gasteiger partial charge in [0, 0.05) is 12.3 Å². The Hall–Kier alpha value is 0.0400. The third kappa shape index (κ3) is 0.820. The number of β-lactam (4-membered cyclic amide) rings is 1. The van der Waals surface area contributed by atoms with Crippen molar-refractivity contribution in [3.05, 3.63) is 0 Å². The molecule has 0 aliphatic carbocycles. The van der Waals surface area contributed by atoms with Gasteiger partial charge in [-0.05, 0) is 17.6 Å². The molecule has 0 aromatic carbocycles. The minimum Gasteiger partial charge on any atom is -0.330 e. The molecule has 2 nitrogen and oxygen atoms in total. The highest BCUT2D eigenvalue weighted by atomic mass is 32.8. The molecular weight excluding hydrogens is 166 g/mol. The maximum Gasteiger partial charge on any atom is 0.226 e. The summed E-state index contributed by atoms with van der Waals surface area (Å²) < 4.78 is 0. The van der Waals surface area contributed by atoms with Gasteiger partial charge in [-0.25, -0.2) is 0 Å². The molecule has 56 valence electrons. The van der Waals surface area contributed by atoms with E-state index >= 15 is 0 Å². The zero-order chi connectivity index (χ0) is 7.14. The van der Waals surface area contributed by atoms with E-state index in [9.17, 15) is 4.79 Å². The first-order chi connectivity index (χ1) is 4.79. The Morgan fingerprint density at radius 3 is 3.10 bits per heavy atom. The molecule has 2 fully saturated rings. The van der Waals surface area contributed by atoms with Gasteiger partial charge < -0.3 is 4.90 Å². The molecular formula is C6H9NOS2. The van der Waals surface area contributed by atoms with E-state index in [1.165, 1.54) is 0 Å². The van der Waals surface area contributed by atoms with Crippen molar-refractivity contribution >= 4 is 26.5 Å². The average Bonchev–Trinajstić information content (AvgIpc) is 1.91. The maximum atomic E-state index is 10.9. The van der Waals surface area contributed by atoms with E-state index in [-0.39, 0.29) is 9.45 Å². The number of hydrogen-bond acceptors (Lipinski definition) is 2. The molecule has 0 aromatic heterocycles. The van der Waals surface area contributed by atoms with Gasteiger partial charge in [0.25, 0.3) is 0 Å². The summed E-state index contributed by atoms with van der Waals surface area (Å²) in [5.41, 5.74) is 0. The molecule has 0 aromatic rings. The van der Waals surface area contributed by atoms with E-state index in [0.29, 0.717) is 11.3 Å². The van der Waals surface area contributed by atoms with Crippen molar-refractivity contribution in [2.24, 2.45) is 0 Å². The van der Waals surface area contributed by atoms with Crippen molar-refractivity contribution in [2.75, 3.05) is 12.3 Å². The molecule has 10 heavy (non-hydrogen) atoms. The van der Waals surface area contributed by atoms with Crippen LogP contribution in [-0.4, -0.2) is 28.5 Å². The Kier molecular flexibility index (Phi) is 1.53. The molecule has 2 aliphatic rings. The smallest absolute Gasteiger partial charge is 0.226 e. The first kappa shape index (κ1) is 6.73. The highest BCUT2D eigenvalue weighted by molar-refractivity contribution is 8.29. The minimum absolute atomic E-state index is 0.0895. The lowest BCUT2D eigenvalue weighted by Crippen LogP contribution is -2.57. The summed E-state index contributed by atoms with van der Waals surface area (Å²) in [4.78, 5) is 12.8. The van der Waals surface area contributed by atoms with Crippen LogP contribution in [0.1, 0.15) is 12.8 Å². The van der Waals surface area contributed by atoms with Crippen LogP contribution in [0.15, 0.2) is 0 Å². The fraction of sp³-hybridized carbons (Fsp3) is 0.833. The molecule has 1 amide bonds. The quantitative estimate of drug-likeness (QED) is 0.484. The molecule has 2 atom stereocenters. The molecule has 1 unspecified atom stereocenters. The molecule has 2 rings (SSSR count). The highest BCUT2D eigenvalue weighted by Gasteiger charge is 2.39. The van der Waals surface area contributed by atoms with Crippen LogP contribution in [0.4, 0.5) is 0 Å². The van der Waals surface area contributed by atoms with Crippen molar-refractivity contribution in [2.45, 2.75) is 18.2 Å². The van der Waals surface area contributed by atoms with E-state index < -0.39 is 0 Å². The van der Waals surface area contributed by atoms with E-state index in [1.54, 1.807) is 0 Å². The summed E-state index contributed by atoms with van der Waals surface area (Å²) in [6.07, 6.45) is 1.85. The molecule has 0 N–H and O–H groups in total. The summed E-state index contributed by atoms with van der Waals surface area (Å²) in [6.45, 7) is 0.962. The van der Waals surface area contributed by atoms with Crippen LogP contribution in [0, 0.1) is 0 Å². The number of rotatable bonds is 0. The van der Waals surface area contributed by atoms with Gasteiger partial charge in [0.15, 0.2) is 0 Å². The van der Waals surface area contributed by atoms with Crippen LogP contribution in [0.3, 0.4) is 0 Å². The normalized spacial score (nSPS) is 38.8. The molecule has 2 saturated heterocycles. The number of fused-ring (bicyclic) bond motifs is 1. The second kappa shape index (κ2) is 2.27. The van der Waals surface area contributed by atoms with Crippen LogP contribution in [0.5, 0.6) is 0 Å². The van der Waals surface area contributed by atoms with Gasteiger partial charge in [-0.3, -0.25) is 4.79 Å². The molecule has 0 spiro atoms. The first-order valence-corrected chi connectivity index (χ1v) is 5.84. The second-order valence-electron chi connectivity index (χ2n) is 2.68. The van der Waals surface area contributed by atoms with Crippen LogP contribution in [0.2, 0.25) is 0 Å². The lowest BCUT2D eigenvalue weighted by atomic mass is 10.2. The van der Waals surface area contributed by atoms with Crippen molar-refractivity contribution in [1.82, 2.24) is 4.90 Å². The molecule has 4 heteroatoms. The minimum atomic E-state index is 0.0895. The van der Waals surface area contributed by atoms with Crippen molar-refractivity contribution in [3.63, 3.8) is 0 Å². The van der Waals surface area contributed by atoms with Gasteiger partial charge >= 0.3 is 0 Å². The first-order valence-electron chi connectivity index (χ1n) is 3.46. The fourth-order valence-corrected chi connectivity index (χ4v) is 3.83. The standard InChI is InChI=1S/C6H9NOS2/c8-5-4-6-7(5)2-1-3-10(6)9/h6H,1-4H2/t6-,10?/m0/s1. The average molecular weight is 175 g/mol. The third-order valence-electron chi connectivity index (χ3n) is 2.07. The number of nitrogens with zero attached hydrogens (tertiary/aromatic N) is 1. The Bertz CT molecular complexity index is 204. The van der Waals surface area contributed by atoms with Gasteiger partial charge in [0.05, 0.1) is 11.8 Å². The van der Waals surface area contributed by atoms with Crippen molar-refractivity contribution < 1.29 is 4.79 Å². The van der Waals surface area contributed by atoms with Gasteiger partial charge in [0.1, 0.15) is 0 Å². The van der Waals surface area contributed by atoms with E-state index in [0.717, 1.165) is 25.1 Å². The van der Waals surface area contributed by atoms with E-state index in [1.807, 2.05) is 4.90 Å². The largest absolute Gasteiger partial charge is 0.330 e. The second-order valence-corrected chi connectivity index (χ2v) is 5.68. The van der Waals surface area contributed by atoms with Gasteiger partial charge in [-0.15, -0.1) is 0 Å². The number of carbonyl (C=O) groups excluding carboxylic acids is 1. The zero-order valence-electron chi connectivity index (χ0n) is 5.58. The molecule has 0 saturated carbocycles. The van der Waals surface area contributed by atoms with Gasteiger partial charge in [-0.2, -0.15) is 0 Å².